The van der Waals surface area contributed by atoms with Gasteiger partial charge in [-0.25, -0.2) is 4.79 Å². The fourth-order valence-electron chi connectivity index (χ4n) is 5.66. The minimum Gasteiger partial charge on any atom is -0.478 e. The number of anilines is 1. The quantitative estimate of drug-likeness (QED) is 0.665. The minimum absolute atomic E-state index is 0.140. The minimum atomic E-state index is -0.897. The topological polar surface area (TPSA) is 49.3 Å². The Balaban J connectivity index is 1.62. The summed E-state index contributed by atoms with van der Waals surface area (Å²) >= 11 is 12.8. The molecule has 0 saturated heterocycles. The zero-order chi connectivity index (χ0) is 18.0. The fraction of sp³-hybridized carbons (Fsp3) is 0.381. The highest BCUT2D eigenvalue weighted by Crippen LogP contribution is 2.64. The van der Waals surface area contributed by atoms with Crippen LogP contribution in [0.15, 0.2) is 36.4 Å². The number of nitrogens with one attached hydrogen (secondary N) is 1. The number of benzene rings is 2. The van der Waals surface area contributed by atoms with Crippen molar-refractivity contribution in [2.45, 2.75) is 31.2 Å². The molecule has 2 fully saturated rings. The lowest BCUT2D eigenvalue weighted by atomic mass is 9.68. The Bertz CT molecular complexity index is 896. The second-order valence-corrected chi connectivity index (χ2v) is 8.60. The summed E-state index contributed by atoms with van der Waals surface area (Å²) in [7, 11) is 0. The van der Waals surface area contributed by atoms with Crippen LogP contribution >= 0.6 is 23.2 Å². The molecule has 5 rings (SSSR count). The molecule has 0 unspecified atom stereocenters. The third-order valence-corrected chi connectivity index (χ3v) is 7.47. The standard InChI is InChI=1S/C21H19Cl2NO2/c22-15-8-7-14-16-12-5-6-13(9-12)17(16)19(24-20(14)18(15)23)10-1-3-11(4-2-10)21(25)26/h1-4,7-8,12-13,16-17,19,24H,5-6,9H2,(H,25,26)/t12-,13-,16-,17-,19-/m0/s1. The van der Waals surface area contributed by atoms with E-state index in [0.29, 0.717) is 39.3 Å². The molecule has 26 heavy (non-hydrogen) atoms. The van der Waals surface area contributed by atoms with Gasteiger partial charge in [-0.15, -0.1) is 0 Å². The van der Waals surface area contributed by atoms with E-state index in [4.69, 9.17) is 23.2 Å². The average molecular weight is 388 g/mol. The third-order valence-electron chi connectivity index (χ3n) is 6.67. The van der Waals surface area contributed by atoms with E-state index in [-0.39, 0.29) is 6.04 Å². The van der Waals surface area contributed by atoms with E-state index >= 15 is 0 Å². The molecule has 2 aliphatic carbocycles. The summed E-state index contributed by atoms with van der Waals surface area (Å²) in [5.41, 5.74) is 3.70. The van der Waals surface area contributed by atoms with Crippen LogP contribution in [0.4, 0.5) is 5.69 Å². The number of rotatable bonds is 2. The van der Waals surface area contributed by atoms with Crippen molar-refractivity contribution in [3.8, 4) is 0 Å². The monoisotopic (exact) mass is 387 g/mol. The molecule has 2 bridgehead atoms. The van der Waals surface area contributed by atoms with Crippen molar-refractivity contribution in [1.82, 2.24) is 0 Å². The van der Waals surface area contributed by atoms with E-state index in [1.165, 1.54) is 24.8 Å². The number of fused-ring (bicyclic) bond motifs is 7. The van der Waals surface area contributed by atoms with Crippen LogP contribution in [0, 0.1) is 17.8 Å². The van der Waals surface area contributed by atoms with Gasteiger partial charge in [0.1, 0.15) is 0 Å². The van der Waals surface area contributed by atoms with Gasteiger partial charge in [0.25, 0.3) is 0 Å². The van der Waals surface area contributed by atoms with Crippen LogP contribution in [0.3, 0.4) is 0 Å². The molecular formula is C21H19Cl2NO2. The number of carboxylic acid groups (broad SMARTS) is 1. The second-order valence-electron chi connectivity index (χ2n) is 7.81. The molecule has 2 N–H and O–H groups in total. The molecule has 3 aliphatic rings. The summed E-state index contributed by atoms with van der Waals surface area (Å²) in [6.45, 7) is 0. The van der Waals surface area contributed by atoms with E-state index in [0.717, 1.165) is 11.3 Å². The van der Waals surface area contributed by atoms with E-state index in [9.17, 15) is 9.90 Å². The predicted molar refractivity (Wildman–Crippen MR) is 103 cm³/mol. The van der Waals surface area contributed by atoms with Crippen LogP contribution in [0.1, 0.15) is 52.7 Å². The summed E-state index contributed by atoms with van der Waals surface area (Å²) in [5.74, 6) is 1.55. The Morgan fingerprint density at radius 2 is 1.77 bits per heavy atom. The lowest BCUT2D eigenvalue weighted by Gasteiger charge is -2.44. The summed E-state index contributed by atoms with van der Waals surface area (Å²) in [6, 6.07) is 11.4. The van der Waals surface area contributed by atoms with Crippen LogP contribution in [-0.4, -0.2) is 11.1 Å². The predicted octanol–water partition coefficient (Wildman–Crippen LogP) is 5.99. The van der Waals surface area contributed by atoms with Crippen LogP contribution in [0.5, 0.6) is 0 Å². The molecule has 0 radical (unpaired) electrons. The molecule has 1 heterocycles. The Hall–Kier alpha value is -1.71. The van der Waals surface area contributed by atoms with Crippen LogP contribution < -0.4 is 5.32 Å². The molecule has 2 aromatic rings. The van der Waals surface area contributed by atoms with Gasteiger partial charge in [-0.1, -0.05) is 41.4 Å². The molecular weight excluding hydrogens is 369 g/mol. The van der Waals surface area contributed by atoms with Crippen molar-refractivity contribution < 1.29 is 9.90 Å². The molecule has 2 aromatic carbocycles. The maximum atomic E-state index is 11.2. The number of carboxylic acids is 1. The molecule has 3 nitrogen and oxygen atoms in total. The van der Waals surface area contributed by atoms with Crippen molar-refractivity contribution in [2.75, 3.05) is 5.32 Å². The maximum Gasteiger partial charge on any atom is 0.335 e. The first kappa shape index (κ1) is 16.5. The summed E-state index contributed by atoms with van der Waals surface area (Å²) in [6.07, 6.45) is 3.85. The molecule has 0 amide bonds. The van der Waals surface area contributed by atoms with Crippen molar-refractivity contribution >= 4 is 34.9 Å². The Kier molecular flexibility index (Phi) is 3.74. The Morgan fingerprint density at radius 1 is 1.04 bits per heavy atom. The number of halogens is 2. The lowest BCUT2D eigenvalue weighted by Crippen LogP contribution is -2.35. The Labute approximate surface area is 162 Å². The van der Waals surface area contributed by atoms with Crippen LogP contribution in [0.25, 0.3) is 0 Å². The van der Waals surface area contributed by atoms with Crippen molar-refractivity contribution in [1.29, 1.82) is 0 Å². The van der Waals surface area contributed by atoms with Gasteiger partial charge in [0, 0.05) is 0 Å². The molecule has 1 aliphatic heterocycles. The fourth-order valence-corrected chi connectivity index (χ4v) is 6.04. The first-order chi connectivity index (χ1) is 12.5. The summed E-state index contributed by atoms with van der Waals surface area (Å²) in [4.78, 5) is 11.2. The van der Waals surface area contributed by atoms with Gasteiger partial charge in [-0.05, 0) is 72.3 Å². The molecule has 0 aromatic heterocycles. The SMILES string of the molecule is O=C(O)c1ccc([C@@H]2Nc3c(ccc(Cl)c3Cl)[C@@H]3[C@H]4CC[C@@H](C4)[C@@H]32)cc1. The van der Waals surface area contributed by atoms with Gasteiger partial charge in [0.2, 0.25) is 0 Å². The molecule has 5 heteroatoms. The summed E-state index contributed by atoms with van der Waals surface area (Å²) in [5, 5.41) is 14.0. The third kappa shape index (κ3) is 2.30. The van der Waals surface area contributed by atoms with Gasteiger partial charge < -0.3 is 10.4 Å². The van der Waals surface area contributed by atoms with Gasteiger partial charge in [0.15, 0.2) is 0 Å². The van der Waals surface area contributed by atoms with Gasteiger partial charge in [0.05, 0.1) is 27.3 Å². The number of hydrogen-bond donors (Lipinski definition) is 2. The molecule has 2 saturated carbocycles. The van der Waals surface area contributed by atoms with E-state index in [1.54, 1.807) is 12.1 Å². The van der Waals surface area contributed by atoms with E-state index in [2.05, 4.69) is 11.4 Å². The maximum absolute atomic E-state index is 11.2. The van der Waals surface area contributed by atoms with E-state index < -0.39 is 5.97 Å². The highest BCUT2D eigenvalue weighted by atomic mass is 35.5. The smallest absolute Gasteiger partial charge is 0.335 e. The highest BCUT2D eigenvalue weighted by molar-refractivity contribution is 6.43. The first-order valence-electron chi connectivity index (χ1n) is 9.12. The Morgan fingerprint density at radius 3 is 2.50 bits per heavy atom. The van der Waals surface area contributed by atoms with Crippen LogP contribution in [0.2, 0.25) is 10.0 Å². The van der Waals surface area contributed by atoms with Crippen molar-refractivity contribution in [3.63, 3.8) is 0 Å². The highest BCUT2D eigenvalue weighted by Gasteiger charge is 2.54. The number of carbonyl (C=O) groups is 1. The van der Waals surface area contributed by atoms with Crippen LogP contribution in [-0.2, 0) is 0 Å². The normalized spacial score (nSPS) is 31.2. The zero-order valence-corrected chi connectivity index (χ0v) is 15.6. The van der Waals surface area contributed by atoms with Crippen molar-refractivity contribution in [3.05, 3.63) is 63.1 Å². The average Bonchev–Trinajstić information content (AvgIpc) is 3.26. The van der Waals surface area contributed by atoms with Gasteiger partial charge in [-0.3, -0.25) is 0 Å². The molecule has 5 atom stereocenters. The summed E-state index contributed by atoms with van der Waals surface area (Å²) < 4.78 is 0. The lowest BCUT2D eigenvalue weighted by molar-refractivity contribution is 0.0697. The first-order valence-corrected chi connectivity index (χ1v) is 9.88. The number of hydrogen-bond acceptors (Lipinski definition) is 2. The van der Waals surface area contributed by atoms with Gasteiger partial charge in [-0.2, -0.15) is 0 Å². The largest absolute Gasteiger partial charge is 0.478 e. The van der Waals surface area contributed by atoms with Gasteiger partial charge >= 0.3 is 5.97 Å². The zero-order valence-electron chi connectivity index (χ0n) is 14.1. The van der Waals surface area contributed by atoms with E-state index in [1.807, 2.05) is 18.2 Å². The second kappa shape index (κ2) is 5.90. The van der Waals surface area contributed by atoms with Crippen molar-refractivity contribution in [2.24, 2.45) is 17.8 Å². The molecule has 134 valence electrons. The number of aromatic carboxylic acids is 1. The molecule has 0 spiro atoms.